The van der Waals surface area contributed by atoms with E-state index in [4.69, 9.17) is 9.47 Å². The van der Waals surface area contributed by atoms with E-state index in [1.54, 1.807) is 0 Å². The standard InChI is InChI=1S/C37H56N4O4/c1-36(2,3)44-34(42)39-22-13-15-25-41(26-16-23-40-35(43)45-37(4,5)6)24-14-7-12-21-38-28-33-31-19-10-8-17-29(31)27-30-18-9-11-20-32(30)33/h8-11,17-20,27,38H,7,12-16,21-26,28H2,1-6H3,(H,39,42)(H,40,43). The van der Waals surface area contributed by atoms with Gasteiger partial charge in [-0.25, -0.2) is 9.59 Å². The Balaban J connectivity index is 1.40. The summed E-state index contributed by atoms with van der Waals surface area (Å²) in [5.41, 5.74) is 0.380. The number of unbranched alkanes of at least 4 members (excludes halogenated alkanes) is 3. The summed E-state index contributed by atoms with van der Waals surface area (Å²) in [6, 6.07) is 19.6. The molecule has 3 N–H and O–H groups in total. The Morgan fingerprint density at radius 3 is 1.64 bits per heavy atom. The SMILES string of the molecule is CC(C)(C)OC(=O)NCCCCN(CCCCCNCc1c2ccccc2cc2ccccc12)CCCNC(=O)OC(C)(C)C. The van der Waals surface area contributed by atoms with E-state index in [1.807, 2.05) is 41.5 Å². The van der Waals surface area contributed by atoms with Crippen molar-refractivity contribution in [1.29, 1.82) is 0 Å². The van der Waals surface area contributed by atoms with Gasteiger partial charge in [-0.2, -0.15) is 0 Å². The molecule has 3 aromatic rings. The number of rotatable bonds is 17. The van der Waals surface area contributed by atoms with Gasteiger partial charge in [0.2, 0.25) is 0 Å². The molecular formula is C37H56N4O4. The third kappa shape index (κ3) is 14.1. The molecule has 0 saturated carbocycles. The molecule has 0 unspecified atom stereocenters. The lowest BCUT2D eigenvalue weighted by atomic mass is 9.97. The first kappa shape index (κ1) is 36.1. The Bertz CT molecular complexity index is 1290. The highest BCUT2D eigenvalue weighted by atomic mass is 16.6. The molecule has 3 aromatic carbocycles. The largest absolute Gasteiger partial charge is 0.444 e. The van der Waals surface area contributed by atoms with Gasteiger partial charge >= 0.3 is 12.2 Å². The van der Waals surface area contributed by atoms with Gasteiger partial charge in [0, 0.05) is 19.6 Å². The zero-order valence-corrected chi connectivity index (χ0v) is 28.5. The third-order valence-electron chi connectivity index (χ3n) is 7.40. The minimum absolute atomic E-state index is 0.366. The van der Waals surface area contributed by atoms with Gasteiger partial charge in [0.15, 0.2) is 0 Å². The summed E-state index contributed by atoms with van der Waals surface area (Å²) < 4.78 is 10.7. The summed E-state index contributed by atoms with van der Waals surface area (Å²) in [4.78, 5) is 26.4. The van der Waals surface area contributed by atoms with Gasteiger partial charge in [0.25, 0.3) is 0 Å². The quantitative estimate of drug-likeness (QED) is 0.105. The van der Waals surface area contributed by atoms with Crippen molar-refractivity contribution in [3.8, 4) is 0 Å². The number of nitrogens with one attached hydrogen (secondary N) is 3. The van der Waals surface area contributed by atoms with Crippen LogP contribution < -0.4 is 16.0 Å². The van der Waals surface area contributed by atoms with Gasteiger partial charge in [-0.15, -0.1) is 0 Å². The van der Waals surface area contributed by atoms with Crippen molar-refractivity contribution in [1.82, 2.24) is 20.9 Å². The molecule has 248 valence electrons. The van der Waals surface area contributed by atoms with Crippen molar-refractivity contribution in [2.24, 2.45) is 0 Å². The highest BCUT2D eigenvalue weighted by Crippen LogP contribution is 2.28. The second-order valence-corrected chi connectivity index (χ2v) is 13.8. The predicted octanol–water partition coefficient (Wildman–Crippen LogP) is 7.77. The highest BCUT2D eigenvalue weighted by Gasteiger charge is 2.17. The van der Waals surface area contributed by atoms with E-state index >= 15 is 0 Å². The lowest BCUT2D eigenvalue weighted by Crippen LogP contribution is -2.35. The molecule has 0 aromatic heterocycles. The summed E-state index contributed by atoms with van der Waals surface area (Å²) in [6.07, 6.45) is 5.38. The molecule has 0 aliphatic rings. The Labute approximate surface area is 270 Å². The van der Waals surface area contributed by atoms with E-state index in [2.05, 4.69) is 75.4 Å². The van der Waals surface area contributed by atoms with Crippen LogP contribution in [0.3, 0.4) is 0 Å². The number of nitrogens with zero attached hydrogens (tertiary/aromatic N) is 1. The summed E-state index contributed by atoms with van der Waals surface area (Å²) in [7, 11) is 0. The molecule has 0 spiro atoms. The van der Waals surface area contributed by atoms with Crippen molar-refractivity contribution in [3.63, 3.8) is 0 Å². The van der Waals surface area contributed by atoms with Crippen molar-refractivity contribution >= 4 is 33.7 Å². The summed E-state index contributed by atoms with van der Waals surface area (Å²) >= 11 is 0. The normalized spacial score (nSPS) is 12.1. The van der Waals surface area contributed by atoms with Crippen LogP contribution in [0.2, 0.25) is 0 Å². The van der Waals surface area contributed by atoms with Crippen LogP contribution in [0.5, 0.6) is 0 Å². The van der Waals surface area contributed by atoms with E-state index < -0.39 is 11.2 Å². The predicted molar refractivity (Wildman–Crippen MR) is 186 cm³/mol. The van der Waals surface area contributed by atoms with Crippen LogP contribution in [0.4, 0.5) is 9.59 Å². The number of carbonyl (C=O) groups excluding carboxylic acids is 2. The molecule has 3 rings (SSSR count). The lowest BCUT2D eigenvalue weighted by Gasteiger charge is -2.23. The fourth-order valence-corrected chi connectivity index (χ4v) is 5.38. The number of amides is 2. The third-order valence-corrected chi connectivity index (χ3v) is 7.40. The van der Waals surface area contributed by atoms with Gasteiger partial charge in [-0.3, -0.25) is 0 Å². The molecule has 0 saturated heterocycles. The van der Waals surface area contributed by atoms with Crippen molar-refractivity contribution in [2.45, 2.75) is 97.8 Å². The van der Waals surface area contributed by atoms with Gasteiger partial charge in [-0.05, 0) is 133 Å². The maximum absolute atomic E-state index is 12.0. The Kier molecular flexibility index (Phi) is 14.4. The molecule has 8 heteroatoms. The highest BCUT2D eigenvalue weighted by molar-refractivity contribution is 6.02. The van der Waals surface area contributed by atoms with Crippen LogP contribution in [0.25, 0.3) is 21.5 Å². The van der Waals surface area contributed by atoms with Gasteiger partial charge < -0.3 is 30.3 Å². The molecule has 45 heavy (non-hydrogen) atoms. The monoisotopic (exact) mass is 620 g/mol. The topological polar surface area (TPSA) is 91.9 Å². The minimum Gasteiger partial charge on any atom is -0.444 e. The van der Waals surface area contributed by atoms with E-state index in [-0.39, 0.29) is 12.2 Å². The van der Waals surface area contributed by atoms with Gasteiger partial charge in [0.1, 0.15) is 11.2 Å². The summed E-state index contributed by atoms with van der Waals surface area (Å²) in [6.45, 7) is 17.1. The average molecular weight is 621 g/mol. The van der Waals surface area contributed by atoms with Crippen LogP contribution in [0.1, 0.15) is 85.6 Å². The molecule has 0 aliphatic heterocycles. The number of carbonyl (C=O) groups is 2. The number of hydrogen-bond acceptors (Lipinski definition) is 6. The number of ether oxygens (including phenoxy) is 2. The minimum atomic E-state index is -0.499. The molecule has 0 fully saturated rings. The number of alkyl carbamates (subject to hydrolysis) is 2. The van der Waals surface area contributed by atoms with Crippen LogP contribution in [-0.4, -0.2) is 67.6 Å². The number of fused-ring (bicyclic) bond motifs is 2. The second kappa shape index (κ2) is 18.0. The van der Waals surface area contributed by atoms with Gasteiger partial charge in [0.05, 0.1) is 0 Å². The first-order valence-corrected chi connectivity index (χ1v) is 16.7. The van der Waals surface area contributed by atoms with E-state index in [9.17, 15) is 9.59 Å². The first-order valence-electron chi connectivity index (χ1n) is 16.7. The van der Waals surface area contributed by atoms with Gasteiger partial charge in [-0.1, -0.05) is 55.0 Å². The molecule has 0 atom stereocenters. The van der Waals surface area contributed by atoms with Crippen molar-refractivity contribution in [2.75, 3.05) is 39.3 Å². The summed E-state index contributed by atoms with van der Waals surface area (Å²) in [5, 5.41) is 14.6. The second-order valence-electron chi connectivity index (χ2n) is 13.8. The molecule has 0 aliphatic carbocycles. The average Bonchev–Trinajstić information content (AvgIpc) is 2.95. The molecule has 0 radical (unpaired) electrons. The summed E-state index contributed by atoms with van der Waals surface area (Å²) in [5.74, 6) is 0. The van der Waals surface area contributed by atoms with E-state index in [0.29, 0.717) is 13.1 Å². The number of benzene rings is 3. The van der Waals surface area contributed by atoms with Crippen LogP contribution in [0, 0.1) is 0 Å². The molecule has 0 bridgehead atoms. The van der Waals surface area contributed by atoms with E-state index in [1.165, 1.54) is 27.1 Å². The lowest BCUT2D eigenvalue weighted by molar-refractivity contribution is 0.0513. The zero-order chi connectivity index (χ0) is 32.7. The van der Waals surface area contributed by atoms with Crippen LogP contribution in [-0.2, 0) is 16.0 Å². The van der Waals surface area contributed by atoms with Crippen LogP contribution >= 0.6 is 0 Å². The molecular weight excluding hydrogens is 564 g/mol. The Morgan fingerprint density at radius 2 is 1.09 bits per heavy atom. The molecule has 0 heterocycles. The van der Waals surface area contributed by atoms with E-state index in [0.717, 1.165) is 71.2 Å². The van der Waals surface area contributed by atoms with Crippen LogP contribution in [0.15, 0.2) is 54.6 Å². The molecule has 8 nitrogen and oxygen atoms in total. The smallest absolute Gasteiger partial charge is 0.407 e. The fourth-order valence-electron chi connectivity index (χ4n) is 5.38. The fraction of sp³-hybridized carbons (Fsp3) is 0.568. The zero-order valence-electron chi connectivity index (χ0n) is 28.5. The first-order chi connectivity index (χ1) is 21.4. The number of hydrogen-bond donors (Lipinski definition) is 3. The van der Waals surface area contributed by atoms with Crippen molar-refractivity contribution in [3.05, 3.63) is 60.2 Å². The Morgan fingerprint density at radius 1 is 0.622 bits per heavy atom. The molecule has 2 amide bonds. The Hall–Kier alpha value is -3.36. The maximum atomic E-state index is 12.0. The maximum Gasteiger partial charge on any atom is 0.407 e. The van der Waals surface area contributed by atoms with Crippen molar-refractivity contribution < 1.29 is 19.1 Å².